The molecule has 0 aliphatic heterocycles. The maximum absolute atomic E-state index is 13.2. The fourth-order valence-corrected chi connectivity index (χ4v) is 6.31. The molecule has 3 aromatic rings. The van der Waals surface area contributed by atoms with E-state index in [4.69, 9.17) is 0 Å². The highest BCUT2D eigenvalue weighted by molar-refractivity contribution is 7.91. The second-order valence-corrected chi connectivity index (χ2v) is 14.9. The van der Waals surface area contributed by atoms with Crippen molar-refractivity contribution >= 4 is 23.1 Å². The fraction of sp³-hybridized carbons (Fsp3) is 0.217. The van der Waals surface area contributed by atoms with Gasteiger partial charge in [0.1, 0.15) is 0 Å². The van der Waals surface area contributed by atoms with Crippen molar-refractivity contribution in [1.82, 2.24) is 0 Å². The summed E-state index contributed by atoms with van der Waals surface area (Å²) in [7, 11) is -5.17. The zero-order valence-corrected chi connectivity index (χ0v) is 18.1. The molecule has 0 fully saturated rings. The molecule has 27 heavy (non-hydrogen) atoms. The van der Waals surface area contributed by atoms with E-state index in [0.717, 1.165) is 11.1 Å². The van der Waals surface area contributed by atoms with Gasteiger partial charge in [-0.3, -0.25) is 0 Å². The van der Waals surface area contributed by atoms with E-state index in [0.29, 0.717) is 15.3 Å². The first-order chi connectivity index (χ1) is 12.7. The molecule has 0 bridgehead atoms. The molecule has 3 rings (SSSR count). The number of hydrogen-bond donors (Lipinski definition) is 0. The molecule has 0 atom stereocenters. The van der Waals surface area contributed by atoms with Gasteiger partial charge in [0.2, 0.25) is 9.84 Å². The van der Waals surface area contributed by atoms with Gasteiger partial charge < -0.3 is 0 Å². The lowest BCUT2D eigenvalue weighted by molar-refractivity contribution is 0.596. The highest BCUT2D eigenvalue weighted by atomic mass is 32.2. The van der Waals surface area contributed by atoms with Crippen LogP contribution < -0.4 is 5.19 Å². The van der Waals surface area contributed by atoms with Crippen LogP contribution in [0.25, 0.3) is 11.1 Å². The van der Waals surface area contributed by atoms with Gasteiger partial charge in [0, 0.05) is 5.56 Å². The summed E-state index contributed by atoms with van der Waals surface area (Å²) in [4.78, 5) is 0.683. The molecule has 0 aliphatic rings. The molecule has 0 N–H and O–H groups in total. The minimum Gasteiger partial charge on any atom is -0.218 e. The van der Waals surface area contributed by atoms with E-state index in [1.807, 2.05) is 30.3 Å². The molecule has 0 spiro atoms. The van der Waals surface area contributed by atoms with Gasteiger partial charge in [-0.1, -0.05) is 92.8 Å². The van der Waals surface area contributed by atoms with Crippen LogP contribution in [0.3, 0.4) is 0 Å². The first kappa shape index (κ1) is 19.6. The number of benzene rings is 3. The van der Waals surface area contributed by atoms with Gasteiger partial charge >= 0.3 is 0 Å². The van der Waals surface area contributed by atoms with E-state index in [9.17, 15) is 8.42 Å². The second kappa shape index (κ2) is 7.45. The Balaban J connectivity index is 2.16. The zero-order valence-electron chi connectivity index (χ0n) is 16.3. The minimum atomic E-state index is -3.57. The Kier molecular flexibility index (Phi) is 5.40. The van der Waals surface area contributed by atoms with Gasteiger partial charge in [-0.15, -0.1) is 0 Å². The molecule has 0 aromatic heterocycles. The lowest BCUT2D eigenvalue weighted by Gasteiger charge is -2.28. The van der Waals surface area contributed by atoms with Crippen LogP contribution in [-0.4, -0.2) is 16.5 Å². The van der Waals surface area contributed by atoms with Crippen LogP contribution in [0.2, 0.25) is 18.6 Å². The summed E-state index contributed by atoms with van der Waals surface area (Å²) < 4.78 is 26.5. The van der Waals surface area contributed by atoms with Crippen molar-refractivity contribution in [3.8, 4) is 11.1 Å². The summed E-state index contributed by atoms with van der Waals surface area (Å²) in [5, 5.41) is 1.35. The summed E-state index contributed by atoms with van der Waals surface area (Å²) in [5.41, 5.74) is 2.33. The molecule has 0 heterocycles. The monoisotopic (exact) mass is 394 g/mol. The van der Waals surface area contributed by atoms with Crippen LogP contribution in [0.5, 0.6) is 0 Å². The standard InChI is InChI=1S/C23H26O2SSi/c1-18(2)27(3,4)21-14-10-11-19(17-21)22-15-8-9-16-23(22)26(24,25)20-12-6-5-7-13-20/h5-18H,1-4H3. The van der Waals surface area contributed by atoms with Crippen LogP contribution in [-0.2, 0) is 9.84 Å². The van der Waals surface area contributed by atoms with Gasteiger partial charge in [0.25, 0.3) is 0 Å². The van der Waals surface area contributed by atoms with Gasteiger partial charge in [-0.05, 0) is 29.3 Å². The average Bonchev–Trinajstić information content (AvgIpc) is 2.68. The van der Waals surface area contributed by atoms with E-state index in [2.05, 4.69) is 39.1 Å². The summed E-state index contributed by atoms with van der Waals surface area (Å²) in [6.07, 6.45) is 0. The van der Waals surface area contributed by atoms with Crippen molar-refractivity contribution in [2.45, 2.75) is 42.3 Å². The fourth-order valence-electron chi connectivity index (χ4n) is 3.09. The molecule has 0 saturated carbocycles. The van der Waals surface area contributed by atoms with Crippen molar-refractivity contribution in [3.05, 3.63) is 78.9 Å². The SMILES string of the molecule is CC(C)[Si](C)(C)c1cccc(-c2ccccc2S(=O)(=O)c2ccccc2)c1. The maximum atomic E-state index is 13.2. The molecule has 0 unspecified atom stereocenters. The van der Waals surface area contributed by atoms with E-state index < -0.39 is 17.9 Å². The molecule has 0 saturated heterocycles. The van der Waals surface area contributed by atoms with E-state index in [1.165, 1.54) is 5.19 Å². The van der Waals surface area contributed by atoms with Crippen molar-refractivity contribution in [3.63, 3.8) is 0 Å². The van der Waals surface area contributed by atoms with Crippen molar-refractivity contribution < 1.29 is 8.42 Å². The predicted octanol–water partition coefficient (Wildman–Crippen LogP) is 5.51. The zero-order chi connectivity index (χ0) is 19.7. The maximum Gasteiger partial charge on any atom is 0.207 e. The topological polar surface area (TPSA) is 34.1 Å². The Morgan fingerprint density at radius 1 is 0.778 bits per heavy atom. The largest absolute Gasteiger partial charge is 0.218 e. The first-order valence-electron chi connectivity index (χ1n) is 9.24. The smallest absolute Gasteiger partial charge is 0.207 e. The van der Waals surface area contributed by atoms with Crippen molar-refractivity contribution in [2.75, 3.05) is 0 Å². The van der Waals surface area contributed by atoms with Gasteiger partial charge in [0.05, 0.1) is 17.9 Å². The lowest BCUT2D eigenvalue weighted by Crippen LogP contribution is -2.44. The molecule has 3 aromatic carbocycles. The second-order valence-electron chi connectivity index (χ2n) is 7.77. The number of rotatable bonds is 5. The number of sulfone groups is 1. The Labute approximate surface area is 163 Å². The lowest BCUT2D eigenvalue weighted by atomic mass is 10.1. The van der Waals surface area contributed by atoms with E-state index in [-0.39, 0.29) is 0 Å². The van der Waals surface area contributed by atoms with Crippen LogP contribution in [0, 0.1) is 0 Å². The van der Waals surface area contributed by atoms with Crippen molar-refractivity contribution in [2.24, 2.45) is 0 Å². The predicted molar refractivity (Wildman–Crippen MR) is 116 cm³/mol. The molecule has 2 nitrogen and oxygen atoms in total. The van der Waals surface area contributed by atoms with Gasteiger partial charge in [0.15, 0.2) is 0 Å². The molecular formula is C23H26O2SSi. The molecule has 0 amide bonds. The quantitative estimate of drug-likeness (QED) is 0.535. The first-order valence-corrected chi connectivity index (χ1v) is 13.8. The molecule has 0 radical (unpaired) electrons. The Morgan fingerprint density at radius 3 is 2.07 bits per heavy atom. The summed E-state index contributed by atoms with van der Waals surface area (Å²) in [6.45, 7) is 9.27. The molecule has 4 heteroatoms. The third kappa shape index (κ3) is 3.78. The number of hydrogen-bond acceptors (Lipinski definition) is 2. The third-order valence-corrected chi connectivity index (χ3v) is 12.1. The summed E-state index contributed by atoms with van der Waals surface area (Å²) in [5.74, 6) is 0. The normalized spacial score (nSPS) is 12.3. The Morgan fingerprint density at radius 2 is 1.41 bits per heavy atom. The van der Waals surface area contributed by atoms with Crippen LogP contribution in [0.15, 0.2) is 88.7 Å². The van der Waals surface area contributed by atoms with E-state index in [1.54, 1.807) is 36.4 Å². The molecule has 140 valence electrons. The Hall–Kier alpha value is -2.17. The minimum absolute atomic E-state index is 0.325. The van der Waals surface area contributed by atoms with Gasteiger partial charge in [-0.2, -0.15) is 0 Å². The average molecular weight is 395 g/mol. The third-order valence-electron chi connectivity index (χ3n) is 5.59. The molecule has 0 aliphatic carbocycles. The highest BCUT2D eigenvalue weighted by Gasteiger charge is 2.28. The molecular weight excluding hydrogens is 368 g/mol. The van der Waals surface area contributed by atoms with Crippen LogP contribution in [0.1, 0.15) is 13.8 Å². The van der Waals surface area contributed by atoms with Crippen LogP contribution in [0.4, 0.5) is 0 Å². The highest BCUT2D eigenvalue weighted by Crippen LogP contribution is 2.32. The summed E-state index contributed by atoms with van der Waals surface area (Å²) >= 11 is 0. The van der Waals surface area contributed by atoms with Crippen LogP contribution >= 0.6 is 0 Å². The summed E-state index contributed by atoms with van der Waals surface area (Å²) in [6, 6.07) is 24.4. The van der Waals surface area contributed by atoms with Crippen molar-refractivity contribution in [1.29, 1.82) is 0 Å². The van der Waals surface area contributed by atoms with E-state index >= 15 is 0 Å². The Bertz CT molecular complexity index is 1040. The van der Waals surface area contributed by atoms with Gasteiger partial charge in [-0.25, -0.2) is 8.42 Å².